The quantitative estimate of drug-likeness (QED) is 0.327. The van der Waals surface area contributed by atoms with Crippen LogP contribution >= 0.6 is 0 Å². The first-order valence-electron chi connectivity index (χ1n) is 14.2. The van der Waals surface area contributed by atoms with Gasteiger partial charge >= 0.3 is 0 Å². The Balaban J connectivity index is 1.78. The Morgan fingerprint density at radius 2 is 1.76 bits per heavy atom. The number of nitrogens with two attached hydrogens (primary N) is 1. The number of amides is 1. The molecule has 3 aliphatic carbocycles. The lowest BCUT2D eigenvalue weighted by molar-refractivity contribution is -0.181. The number of ketones is 4. The number of nitrogens with zero attached hydrogens (tertiary/aromatic N) is 3. The summed E-state index contributed by atoms with van der Waals surface area (Å²) in [7, 11) is 8.73. The number of primary amides is 1. The van der Waals surface area contributed by atoms with Crippen LogP contribution < -0.4 is 10.6 Å². The van der Waals surface area contributed by atoms with Crippen LogP contribution in [0, 0.1) is 23.7 Å². The molecule has 42 heavy (non-hydrogen) atoms. The second kappa shape index (κ2) is 11.5. The second-order valence-electron chi connectivity index (χ2n) is 12.6. The van der Waals surface area contributed by atoms with Crippen molar-refractivity contribution in [2.24, 2.45) is 29.4 Å². The summed E-state index contributed by atoms with van der Waals surface area (Å²) in [6.07, 6.45) is 0.316. The molecule has 12 nitrogen and oxygen atoms in total. The molecule has 0 saturated heterocycles. The number of likely N-dealkylation sites (N-methyl/N-ethyl adjacent to an activating group) is 2. The molecule has 1 aromatic rings. The molecule has 0 aromatic heterocycles. The minimum Gasteiger partial charge on any atom is -0.507 e. The van der Waals surface area contributed by atoms with Crippen molar-refractivity contribution in [3.63, 3.8) is 0 Å². The molecule has 3 aliphatic rings. The highest BCUT2D eigenvalue weighted by Crippen LogP contribution is 2.52. The first kappa shape index (κ1) is 31.7. The third-order valence-electron chi connectivity index (χ3n) is 8.92. The van der Waals surface area contributed by atoms with Crippen LogP contribution in [0.4, 0.5) is 5.69 Å². The lowest BCUT2D eigenvalue weighted by atomic mass is 9.52. The standard InChI is InChI=1S/C30H42N4O8/c1-14(2)42-9-8-34(7)13-16-12-19(35)21-17(23(16)32(3)4)10-15-11-18-24(33(5)6)26(37)22(29(31)40)28(39)30(18,41)27(38)20(15)25(21)36/h12,14-15,18,20,22,24,35,41H,8-11,13H2,1-7H3,(H2,31,40)/t15-,18-,20?,22?,24-,30-/m0/s1. The van der Waals surface area contributed by atoms with E-state index in [-0.39, 0.29) is 30.3 Å². The summed E-state index contributed by atoms with van der Waals surface area (Å²) in [5, 5.41) is 22.9. The molecule has 2 fully saturated rings. The smallest absolute Gasteiger partial charge is 0.235 e. The Morgan fingerprint density at radius 1 is 1.12 bits per heavy atom. The van der Waals surface area contributed by atoms with Crippen LogP contribution in [0.15, 0.2) is 6.07 Å². The van der Waals surface area contributed by atoms with E-state index in [1.807, 2.05) is 44.8 Å². The van der Waals surface area contributed by atoms with E-state index < -0.39 is 64.4 Å². The van der Waals surface area contributed by atoms with Gasteiger partial charge in [-0.1, -0.05) is 0 Å². The lowest BCUT2D eigenvalue weighted by Gasteiger charge is -2.52. The molecular formula is C30H42N4O8. The molecule has 2 unspecified atom stereocenters. The third-order valence-corrected chi connectivity index (χ3v) is 8.92. The molecule has 0 radical (unpaired) electrons. The minimum atomic E-state index is -2.74. The summed E-state index contributed by atoms with van der Waals surface area (Å²) in [5.41, 5.74) is 4.73. The van der Waals surface area contributed by atoms with Gasteiger partial charge < -0.3 is 25.6 Å². The zero-order valence-corrected chi connectivity index (χ0v) is 25.3. The van der Waals surface area contributed by atoms with Crippen molar-refractivity contribution in [3.8, 4) is 5.75 Å². The number of hydrogen-bond acceptors (Lipinski definition) is 11. The Kier molecular flexibility index (Phi) is 8.67. The van der Waals surface area contributed by atoms with Gasteiger partial charge in [0.25, 0.3) is 0 Å². The zero-order valence-electron chi connectivity index (χ0n) is 25.3. The summed E-state index contributed by atoms with van der Waals surface area (Å²) >= 11 is 0. The largest absolute Gasteiger partial charge is 0.507 e. The highest BCUT2D eigenvalue weighted by atomic mass is 16.5. The topological polar surface area (TPSA) is 171 Å². The van der Waals surface area contributed by atoms with Crippen molar-refractivity contribution in [2.75, 3.05) is 53.3 Å². The van der Waals surface area contributed by atoms with E-state index in [0.717, 1.165) is 11.3 Å². The van der Waals surface area contributed by atoms with Gasteiger partial charge in [-0.2, -0.15) is 0 Å². The van der Waals surface area contributed by atoms with E-state index in [9.17, 15) is 34.2 Å². The number of anilines is 1. The Morgan fingerprint density at radius 3 is 2.31 bits per heavy atom. The molecule has 0 aliphatic heterocycles. The van der Waals surface area contributed by atoms with E-state index in [1.54, 1.807) is 14.1 Å². The van der Waals surface area contributed by atoms with Crippen molar-refractivity contribution in [3.05, 3.63) is 22.8 Å². The zero-order chi connectivity index (χ0) is 31.4. The van der Waals surface area contributed by atoms with Crippen molar-refractivity contribution >= 4 is 34.7 Å². The van der Waals surface area contributed by atoms with Gasteiger partial charge in [-0.05, 0) is 70.9 Å². The number of ether oxygens (including phenoxy) is 1. The molecule has 0 bridgehead atoms. The number of rotatable bonds is 9. The van der Waals surface area contributed by atoms with Gasteiger partial charge in [0.15, 0.2) is 34.7 Å². The average Bonchev–Trinajstić information content (AvgIpc) is 2.85. The lowest BCUT2D eigenvalue weighted by Crippen LogP contribution is -2.74. The number of benzene rings is 1. The Bertz CT molecular complexity index is 1320. The fourth-order valence-electron chi connectivity index (χ4n) is 7.22. The Labute approximate surface area is 245 Å². The normalized spacial score (nSPS) is 29.2. The summed E-state index contributed by atoms with van der Waals surface area (Å²) in [4.78, 5) is 72.2. The number of aromatic hydroxyl groups is 1. The van der Waals surface area contributed by atoms with Gasteiger partial charge in [0, 0.05) is 38.8 Å². The molecule has 1 aromatic carbocycles. The van der Waals surface area contributed by atoms with Gasteiger partial charge in [-0.3, -0.25) is 33.8 Å². The number of carbonyl (C=O) groups excluding carboxylic acids is 5. The predicted octanol–water partition coefficient (Wildman–Crippen LogP) is -0.210. The van der Waals surface area contributed by atoms with Crippen LogP contribution in [0.3, 0.4) is 0 Å². The van der Waals surface area contributed by atoms with Gasteiger partial charge in [0.2, 0.25) is 5.91 Å². The maximum atomic E-state index is 14.0. The molecule has 0 heterocycles. The molecular weight excluding hydrogens is 544 g/mol. The number of carbonyl (C=O) groups is 5. The maximum Gasteiger partial charge on any atom is 0.235 e. The van der Waals surface area contributed by atoms with Crippen molar-refractivity contribution < 1.29 is 38.9 Å². The number of phenolic OH excluding ortho intramolecular Hbond substituents is 1. The number of aliphatic hydroxyl groups is 1. The van der Waals surface area contributed by atoms with Crippen LogP contribution in [0.1, 0.15) is 41.8 Å². The predicted molar refractivity (Wildman–Crippen MR) is 153 cm³/mol. The summed E-state index contributed by atoms with van der Waals surface area (Å²) in [6.45, 7) is 5.55. The second-order valence-corrected chi connectivity index (χ2v) is 12.6. The SMILES string of the molecule is CC(C)OCCN(C)Cc1cc(O)c2c(c1N(C)C)C[C@H]1C[C@H]3[C@H](N(C)C)C(=O)C(C(N)=O)C(=O)[C@@]3(O)C(=O)C1C2=O. The summed E-state index contributed by atoms with van der Waals surface area (Å²) in [6, 6.07) is 0.383. The third kappa shape index (κ3) is 5.04. The van der Waals surface area contributed by atoms with Gasteiger partial charge in [-0.25, -0.2) is 0 Å². The van der Waals surface area contributed by atoms with E-state index in [2.05, 4.69) is 0 Å². The van der Waals surface area contributed by atoms with Gasteiger partial charge in [-0.15, -0.1) is 0 Å². The molecule has 4 rings (SSSR count). The van der Waals surface area contributed by atoms with Crippen LogP contribution in [0.5, 0.6) is 5.75 Å². The van der Waals surface area contributed by atoms with E-state index in [4.69, 9.17) is 10.5 Å². The first-order valence-corrected chi connectivity index (χ1v) is 14.2. The molecule has 0 spiro atoms. The maximum absolute atomic E-state index is 14.0. The number of fused-ring (bicyclic) bond motifs is 3. The number of Topliss-reactive ketones (excluding diaryl/α,β-unsaturated/α-hetero) is 4. The fraction of sp³-hybridized carbons (Fsp3) is 0.633. The van der Waals surface area contributed by atoms with E-state index >= 15 is 0 Å². The highest BCUT2D eigenvalue weighted by Gasteiger charge is 2.69. The van der Waals surface area contributed by atoms with Crippen molar-refractivity contribution in [2.45, 2.75) is 51.0 Å². The summed E-state index contributed by atoms with van der Waals surface area (Å²) in [5.74, 6) is -10.5. The van der Waals surface area contributed by atoms with E-state index in [1.165, 1.54) is 11.0 Å². The van der Waals surface area contributed by atoms with Gasteiger partial charge in [0.1, 0.15) is 5.75 Å². The van der Waals surface area contributed by atoms with Crippen LogP contribution in [0.2, 0.25) is 0 Å². The fourth-order valence-corrected chi connectivity index (χ4v) is 7.22. The molecule has 6 atom stereocenters. The minimum absolute atomic E-state index is 0.00813. The van der Waals surface area contributed by atoms with Crippen LogP contribution in [0.25, 0.3) is 0 Å². The number of phenols is 1. The molecule has 12 heteroatoms. The first-order chi connectivity index (χ1) is 19.5. The molecule has 4 N–H and O–H groups in total. The summed E-state index contributed by atoms with van der Waals surface area (Å²) < 4.78 is 5.66. The highest BCUT2D eigenvalue weighted by molar-refractivity contribution is 6.32. The Hall–Kier alpha value is -3.19. The van der Waals surface area contributed by atoms with Crippen LogP contribution in [-0.2, 0) is 36.9 Å². The monoisotopic (exact) mass is 586 g/mol. The van der Waals surface area contributed by atoms with Crippen molar-refractivity contribution in [1.29, 1.82) is 0 Å². The molecule has 230 valence electrons. The van der Waals surface area contributed by atoms with Crippen LogP contribution in [-0.4, -0.2) is 115 Å². The van der Waals surface area contributed by atoms with Gasteiger partial charge in [0.05, 0.1) is 30.2 Å². The molecule has 1 amide bonds. The van der Waals surface area contributed by atoms with E-state index in [0.29, 0.717) is 25.3 Å². The van der Waals surface area contributed by atoms with Crippen molar-refractivity contribution in [1.82, 2.24) is 9.80 Å². The number of hydrogen-bond donors (Lipinski definition) is 3. The molecule has 2 saturated carbocycles. The average molecular weight is 587 g/mol.